The molecule has 178 valence electrons. The Morgan fingerprint density at radius 1 is 0.882 bits per heavy atom. The fourth-order valence-corrected chi connectivity index (χ4v) is 5.58. The standard InChI is InChI=1S/C27H33N5O2/c1-20-16-21(2)19-31(18-20)26(33)22-10-14-30(15-11-22)27(34)24-17-28-32(23-8-4-3-5-9-23)25(24)29-12-6-7-13-29/h3-9,12-13,17,20-22H,10-11,14-16,18-19H2,1-2H3/t20-,21-/m0/s1. The van der Waals surface area contributed by atoms with Crippen LogP contribution >= 0.6 is 0 Å². The molecule has 2 aliphatic rings. The Morgan fingerprint density at radius 3 is 2.18 bits per heavy atom. The Labute approximate surface area is 201 Å². The number of hydrogen-bond acceptors (Lipinski definition) is 3. The third-order valence-electron chi connectivity index (χ3n) is 7.14. The fraction of sp³-hybridized carbons (Fsp3) is 0.444. The van der Waals surface area contributed by atoms with E-state index in [4.69, 9.17) is 0 Å². The zero-order valence-corrected chi connectivity index (χ0v) is 20.0. The second-order valence-electron chi connectivity index (χ2n) is 9.98. The number of hydrogen-bond donors (Lipinski definition) is 0. The van der Waals surface area contributed by atoms with Crippen molar-refractivity contribution in [3.63, 3.8) is 0 Å². The van der Waals surface area contributed by atoms with Crippen molar-refractivity contribution in [1.82, 2.24) is 24.1 Å². The first-order chi connectivity index (χ1) is 16.5. The lowest BCUT2D eigenvalue weighted by Gasteiger charge is -2.39. The average molecular weight is 460 g/mol. The summed E-state index contributed by atoms with van der Waals surface area (Å²) in [6.45, 7) is 7.37. The fourth-order valence-electron chi connectivity index (χ4n) is 5.58. The van der Waals surface area contributed by atoms with E-state index in [2.05, 4.69) is 23.8 Å². The first kappa shape index (κ1) is 22.4. The predicted octanol–water partition coefficient (Wildman–Crippen LogP) is 4.02. The van der Waals surface area contributed by atoms with Crippen LogP contribution in [0.25, 0.3) is 11.5 Å². The molecule has 5 rings (SSSR count). The number of benzene rings is 1. The minimum absolute atomic E-state index is 0.0116. The monoisotopic (exact) mass is 459 g/mol. The van der Waals surface area contributed by atoms with E-state index in [0.29, 0.717) is 30.5 Å². The zero-order valence-electron chi connectivity index (χ0n) is 20.0. The molecule has 2 saturated heterocycles. The molecule has 7 heteroatoms. The Bertz CT molecular complexity index is 1120. The van der Waals surface area contributed by atoms with Gasteiger partial charge in [-0.25, -0.2) is 4.68 Å². The molecule has 0 aliphatic carbocycles. The third-order valence-corrected chi connectivity index (χ3v) is 7.14. The van der Waals surface area contributed by atoms with Gasteiger partial charge in [0.25, 0.3) is 5.91 Å². The van der Waals surface area contributed by atoms with E-state index in [0.717, 1.165) is 37.4 Å². The smallest absolute Gasteiger partial charge is 0.259 e. The minimum Gasteiger partial charge on any atom is -0.342 e. The molecular formula is C27H33N5O2. The number of amides is 2. The number of aromatic nitrogens is 3. The highest BCUT2D eigenvalue weighted by atomic mass is 16.2. The lowest BCUT2D eigenvalue weighted by molar-refractivity contribution is -0.139. The van der Waals surface area contributed by atoms with Gasteiger partial charge in [0, 0.05) is 44.5 Å². The number of rotatable bonds is 4. The average Bonchev–Trinajstić information content (AvgIpc) is 3.53. The van der Waals surface area contributed by atoms with Gasteiger partial charge in [-0.15, -0.1) is 0 Å². The van der Waals surface area contributed by atoms with Gasteiger partial charge in [-0.1, -0.05) is 32.0 Å². The van der Waals surface area contributed by atoms with Gasteiger partial charge in [0.15, 0.2) is 5.82 Å². The van der Waals surface area contributed by atoms with Crippen LogP contribution in [0.2, 0.25) is 0 Å². The maximum absolute atomic E-state index is 13.6. The summed E-state index contributed by atoms with van der Waals surface area (Å²) >= 11 is 0. The maximum Gasteiger partial charge on any atom is 0.259 e. The normalized spacial score (nSPS) is 21.6. The summed E-state index contributed by atoms with van der Waals surface area (Å²) in [6.07, 6.45) is 8.15. The first-order valence-electron chi connectivity index (χ1n) is 12.4. The van der Waals surface area contributed by atoms with Crippen molar-refractivity contribution in [3.8, 4) is 11.5 Å². The number of likely N-dealkylation sites (tertiary alicyclic amines) is 2. The van der Waals surface area contributed by atoms with E-state index >= 15 is 0 Å². The van der Waals surface area contributed by atoms with Gasteiger partial charge in [-0.3, -0.25) is 9.59 Å². The number of carbonyl (C=O) groups is 2. The molecule has 0 unspecified atom stereocenters. The molecule has 2 fully saturated rings. The van der Waals surface area contributed by atoms with Crippen molar-refractivity contribution >= 4 is 11.8 Å². The Morgan fingerprint density at radius 2 is 1.53 bits per heavy atom. The van der Waals surface area contributed by atoms with Crippen molar-refractivity contribution in [1.29, 1.82) is 0 Å². The highest BCUT2D eigenvalue weighted by molar-refractivity contribution is 5.97. The lowest BCUT2D eigenvalue weighted by atomic mass is 9.89. The van der Waals surface area contributed by atoms with E-state index in [1.807, 2.05) is 69.0 Å². The highest BCUT2D eigenvalue weighted by Crippen LogP contribution is 2.28. The van der Waals surface area contributed by atoms with E-state index in [9.17, 15) is 9.59 Å². The lowest BCUT2D eigenvalue weighted by Crippen LogP contribution is -2.48. The van der Waals surface area contributed by atoms with Crippen LogP contribution in [0.5, 0.6) is 0 Å². The molecule has 4 heterocycles. The van der Waals surface area contributed by atoms with Crippen molar-refractivity contribution in [3.05, 3.63) is 66.6 Å². The van der Waals surface area contributed by atoms with Crippen LogP contribution < -0.4 is 0 Å². The molecule has 7 nitrogen and oxygen atoms in total. The van der Waals surface area contributed by atoms with Gasteiger partial charge < -0.3 is 14.4 Å². The molecule has 0 spiro atoms. The molecular weight excluding hydrogens is 426 g/mol. The van der Waals surface area contributed by atoms with Crippen molar-refractivity contribution in [2.24, 2.45) is 17.8 Å². The molecule has 0 radical (unpaired) electrons. The predicted molar refractivity (Wildman–Crippen MR) is 131 cm³/mol. The van der Waals surface area contributed by atoms with Gasteiger partial charge >= 0.3 is 0 Å². The van der Waals surface area contributed by atoms with Crippen LogP contribution in [0.15, 0.2) is 61.1 Å². The van der Waals surface area contributed by atoms with Crippen LogP contribution in [0.4, 0.5) is 0 Å². The minimum atomic E-state index is -0.0306. The van der Waals surface area contributed by atoms with Gasteiger partial charge in [-0.05, 0) is 55.4 Å². The van der Waals surface area contributed by atoms with Crippen LogP contribution in [0.3, 0.4) is 0 Å². The summed E-state index contributed by atoms with van der Waals surface area (Å²) in [4.78, 5) is 30.7. The molecule has 0 saturated carbocycles. The second-order valence-corrected chi connectivity index (χ2v) is 9.98. The molecule has 2 atom stereocenters. The van der Waals surface area contributed by atoms with Crippen LogP contribution in [-0.4, -0.2) is 62.1 Å². The molecule has 34 heavy (non-hydrogen) atoms. The second kappa shape index (κ2) is 9.49. The number of nitrogens with zero attached hydrogens (tertiary/aromatic N) is 5. The van der Waals surface area contributed by atoms with Crippen molar-refractivity contribution in [2.45, 2.75) is 33.1 Å². The number of carbonyl (C=O) groups excluding carboxylic acids is 2. The van der Waals surface area contributed by atoms with E-state index in [-0.39, 0.29) is 17.7 Å². The highest BCUT2D eigenvalue weighted by Gasteiger charge is 2.34. The maximum atomic E-state index is 13.6. The Balaban J connectivity index is 1.32. The van der Waals surface area contributed by atoms with Gasteiger partial charge in [-0.2, -0.15) is 5.10 Å². The topological polar surface area (TPSA) is 63.4 Å². The molecule has 3 aromatic rings. The summed E-state index contributed by atoms with van der Waals surface area (Å²) in [5.41, 5.74) is 1.48. The Kier molecular flexibility index (Phi) is 6.26. The molecule has 2 aromatic heterocycles. The van der Waals surface area contributed by atoms with E-state index in [1.165, 1.54) is 6.42 Å². The molecule has 2 amide bonds. The number of piperidine rings is 2. The number of para-hydroxylation sites is 1. The molecule has 0 bridgehead atoms. The molecule has 2 aliphatic heterocycles. The summed E-state index contributed by atoms with van der Waals surface area (Å²) in [7, 11) is 0. The largest absolute Gasteiger partial charge is 0.342 e. The van der Waals surface area contributed by atoms with Gasteiger partial charge in [0.05, 0.1) is 11.9 Å². The quantitative estimate of drug-likeness (QED) is 0.592. The molecule has 1 aromatic carbocycles. The zero-order chi connectivity index (χ0) is 23.7. The summed E-state index contributed by atoms with van der Waals surface area (Å²) in [5, 5.41) is 4.56. The van der Waals surface area contributed by atoms with Gasteiger partial charge in [0.1, 0.15) is 5.56 Å². The summed E-state index contributed by atoms with van der Waals surface area (Å²) in [5.74, 6) is 2.10. The van der Waals surface area contributed by atoms with Crippen LogP contribution in [0.1, 0.15) is 43.5 Å². The van der Waals surface area contributed by atoms with Gasteiger partial charge in [0.2, 0.25) is 5.91 Å². The molecule has 0 N–H and O–H groups in total. The van der Waals surface area contributed by atoms with Crippen molar-refractivity contribution < 1.29 is 9.59 Å². The van der Waals surface area contributed by atoms with Crippen LogP contribution in [-0.2, 0) is 4.79 Å². The third kappa shape index (κ3) is 4.39. The van der Waals surface area contributed by atoms with E-state index < -0.39 is 0 Å². The van der Waals surface area contributed by atoms with Crippen molar-refractivity contribution in [2.75, 3.05) is 26.2 Å². The summed E-state index contributed by atoms with van der Waals surface area (Å²) < 4.78 is 3.74. The first-order valence-corrected chi connectivity index (χ1v) is 12.4. The van der Waals surface area contributed by atoms with Crippen LogP contribution in [0, 0.1) is 17.8 Å². The summed E-state index contributed by atoms with van der Waals surface area (Å²) in [6, 6.07) is 13.7. The van der Waals surface area contributed by atoms with E-state index in [1.54, 1.807) is 6.20 Å². The SMILES string of the molecule is C[C@H]1C[C@H](C)CN(C(=O)C2CCN(C(=O)c3cnn(-c4ccccc4)c3-n3cccc3)CC2)C1. The Hall–Kier alpha value is -3.35.